The molecule has 1 rings (SSSR count). The molecule has 0 atom stereocenters. The van der Waals surface area contributed by atoms with Crippen molar-refractivity contribution in [2.24, 2.45) is 5.41 Å². The highest BCUT2D eigenvalue weighted by Gasteiger charge is 2.39. The van der Waals surface area contributed by atoms with E-state index in [2.05, 4.69) is 12.2 Å². The lowest BCUT2D eigenvalue weighted by molar-refractivity contribution is 0.444. The second kappa shape index (κ2) is 4.62. The Kier molecular flexibility index (Phi) is 3.95. The zero-order chi connectivity index (χ0) is 10.7. The molecule has 0 aromatic heterocycles. The summed E-state index contributed by atoms with van der Waals surface area (Å²) >= 11 is 0. The van der Waals surface area contributed by atoms with Gasteiger partial charge in [-0.2, -0.15) is 0 Å². The Morgan fingerprint density at radius 2 is 2.00 bits per heavy atom. The van der Waals surface area contributed by atoms with Crippen molar-refractivity contribution in [2.75, 3.05) is 25.1 Å². The highest BCUT2D eigenvalue weighted by Crippen LogP contribution is 2.47. The standard InChI is InChI=1S/C10H21NO2S/c1-3-10(5-6-10)9-11-7-4-8-14(2,12)13/h11H,3-9H2,1-2H3. The van der Waals surface area contributed by atoms with Crippen molar-refractivity contribution in [3.05, 3.63) is 0 Å². The first kappa shape index (κ1) is 12.0. The van der Waals surface area contributed by atoms with Crippen LogP contribution in [0.3, 0.4) is 0 Å². The van der Waals surface area contributed by atoms with Crippen LogP contribution < -0.4 is 5.32 Å². The molecule has 0 unspecified atom stereocenters. The molecule has 1 aliphatic carbocycles. The molecule has 4 heteroatoms. The molecule has 3 nitrogen and oxygen atoms in total. The second-order valence-electron chi connectivity index (χ2n) is 4.51. The maximum Gasteiger partial charge on any atom is 0.147 e. The molecule has 1 N–H and O–H groups in total. The third-order valence-corrected chi connectivity index (χ3v) is 4.11. The Balaban J connectivity index is 2.00. The smallest absolute Gasteiger partial charge is 0.147 e. The molecule has 0 aliphatic heterocycles. The molecule has 0 saturated heterocycles. The first-order valence-electron chi connectivity index (χ1n) is 5.36. The van der Waals surface area contributed by atoms with Gasteiger partial charge in [0.1, 0.15) is 9.84 Å². The number of nitrogens with one attached hydrogen (secondary N) is 1. The van der Waals surface area contributed by atoms with Crippen LogP contribution in [-0.2, 0) is 9.84 Å². The van der Waals surface area contributed by atoms with E-state index in [9.17, 15) is 8.42 Å². The van der Waals surface area contributed by atoms with Gasteiger partial charge >= 0.3 is 0 Å². The molecule has 0 amide bonds. The van der Waals surface area contributed by atoms with E-state index in [1.54, 1.807) is 0 Å². The molecule has 1 aliphatic rings. The summed E-state index contributed by atoms with van der Waals surface area (Å²) in [5.41, 5.74) is 0.561. The van der Waals surface area contributed by atoms with E-state index >= 15 is 0 Å². The van der Waals surface area contributed by atoms with Crippen molar-refractivity contribution >= 4 is 9.84 Å². The molecular weight excluding hydrogens is 198 g/mol. The van der Waals surface area contributed by atoms with Crippen LogP contribution in [0.5, 0.6) is 0 Å². The topological polar surface area (TPSA) is 46.2 Å². The van der Waals surface area contributed by atoms with Crippen molar-refractivity contribution in [1.29, 1.82) is 0 Å². The van der Waals surface area contributed by atoms with Crippen LogP contribution in [0.25, 0.3) is 0 Å². The molecule has 84 valence electrons. The Morgan fingerprint density at radius 1 is 1.36 bits per heavy atom. The fourth-order valence-corrected chi connectivity index (χ4v) is 2.31. The van der Waals surface area contributed by atoms with Crippen LogP contribution in [0.4, 0.5) is 0 Å². The maximum atomic E-state index is 10.8. The summed E-state index contributed by atoms with van der Waals surface area (Å²) in [5.74, 6) is 0.305. The van der Waals surface area contributed by atoms with E-state index in [0.29, 0.717) is 11.2 Å². The first-order chi connectivity index (χ1) is 6.47. The van der Waals surface area contributed by atoms with Crippen molar-refractivity contribution in [3.63, 3.8) is 0 Å². The van der Waals surface area contributed by atoms with Crippen LogP contribution in [0.1, 0.15) is 32.6 Å². The molecule has 0 heterocycles. The summed E-state index contributed by atoms with van der Waals surface area (Å²) in [5, 5.41) is 3.35. The summed E-state index contributed by atoms with van der Waals surface area (Å²) in [7, 11) is -2.77. The van der Waals surface area contributed by atoms with Crippen molar-refractivity contribution in [3.8, 4) is 0 Å². The van der Waals surface area contributed by atoms with Gasteiger partial charge in [-0.25, -0.2) is 8.42 Å². The molecule has 1 saturated carbocycles. The van der Waals surface area contributed by atoms with E-state index in [-0.39, 0.29) is 0 Å². The van der Waals surface area contributed by atoms with Crippen LogP contribution in [0.15, 0.2) is 0 Å². The monoisotopic (exact) mass is 219 g/mol. The average Bonchev–Trinajstić information content (AvgIpc) is 2.83. The summed E-state index contributed by atoms with van der Waals surface area (Å²) < 4.78 is 21.7. The molecule has 14 heavy (non-hydrogen) atoms. The fraction of sp³-hybridized carbons (Fsp3) is 1.00. The van der Waals surface area contributed by atoms with Gasteiger partial charge in [0.25, 0.3) is 0 Å². The molecule has 0 bridgehead atoms. The molecular formula is C10H21NO2S. The molecule has 0 spiro atoms. The summed E-state index contributed by atoms with van der Waals surface area (Å²) in [6, 6.07) is 0. The molecule has 1 fully saturated rings. The third kappa shape index (κ3) is 4.42. The SMILES string of the molecule is CCC1(CNCCCS(C)(=O)=O)CC1. The highest BCUT2D eigenvalue weighted by atomic mass is 32.2. The van der Waals surface area contributed by atoms with Crippen LogP contribution in [0, 0.1) is 5.41 Å². The second-order valence-corrected chi connectivity index (χ2v) is 6.77. The maximum absolute atomic E-state index is 10.8. The Labute approximate surface area is 87.2 Å². The van der Waals surface area contributed by atoms with Gasteiger partial charge in [-0.05, 0) is 37.6 Å². The van der Waals surface area contributed by atoms with Crippen molar-refractivity contribution in [1.82, 2.24) is 5.32 Å². The van der Waals surface area contributed by atoms with Crippen LogP contribution in [0.2, 0.25) is 0 Å². The predicted octanol–water partition coefficient (Wildman–Crippen LogP) is 1.20. The Hall–Kier alpha value is -0.0900. The molecule has 0 aromatic carbocycles. The van der Waals surface area contributed by atoms with Gasteiger partial charge in [0.15, 0.2) is 0 Å². The van der Waals surface area contributed by atoms with Gasteiger partial charge in [0, 0.05) is 12.8 Å². The number of sulfone groups is 1. The Morgan fingerprint density at radius 3 is 2.43 bits per heavy atom. The van der Waals surface area contributed by atoms with E-state index in [4.69, 9.17) is 0 Å². The van der Waals surface area contributed by atoms with E-state index < -0.39 is 9.84 Å². The first-order valence-corrected chi connectivity index (χ1v) is 7.42. The highest BCUT2D eigenvalue weighted by molar-refractivity contribution is 7.90. The zero-order valence-electron chi connectivity index (χ0n) is 9.17. The lowest BCUT2D eigenvalue weighted by Gasteiger charge is -2.12. The Bertz CT molecular complexity index is 268. The largest absolute Gasteiger partial charge is 0.316 e. The average molecular weight is 219 g/mol. The molecule has 0 aromatic rings. The predicted molar refractivity (Wildman–Crippen MR) is 59.2 cm³/mol. The van der Waals surface area contributed by atoms with Crippen LogP contribution in [-0.4, -0.2) is 33.5 Å². The normalized spacial score (nSPS) is 19.6. The van der Waals surface area contributed by atoms with E-state index in [1.807, 2.05) is 0 Å². The quantitative estimate of drug-likeness (QED) is 0.654. The van der Waals surface area contributed by atoms with Gasteiger partial charge in [0.05, 0.1) is 5.75 Å². The van der Waals surface area contributed by atoms with E-state index in [0.717, 1.165) is 19.5 Å². The van der Waals surface area contributed by atoms with Crippen LogP contribution >= 0.6 is 0 Å². The van der Waals surface area contributed by atoms with E-state index in [1.165, 1.54) is 25.5 Å². The zero-order valence-corrected chi connectivity index (χ0v) is 9.99. The fourth-order valence-electron chi connectivity index (χ4n) is 1.65. The minimum atomic E-state index is -2.77. The summed E-state index contributed by atoms with van der Waals surface area (Å²) in [4.78, 5) is 0. The summed E-state index contributed by atoms with van der Waals surface area (Å²) in [6.07, 6.45) is 5.94. The lowest BCUT2D eigenvalue weighted by atomic mass is 10.0. The van der Waals surface area contributed by atoms with Gasteiger partial charge in [-0.1, -0.05) is 6.92 Å². The number of hydrogen-bond donors (Lipinski definition) is 1. The van der Waals surface area contributed by atoms with Gasteiger partial charge < -0.3 is 5.32 Å². The molecule has 0 radical (unpaired) electrons. The third-order valence-electron chi connectivity index (χ3n) is 3.08. The van der Waals surface area contributed by atoms with Gasteiger partial charge in [-0.15, -0.1) is 0 Å². The van der Waals surface area contributed by atoms with Crippen molar-refractivity contribution in [2.45, 2.75) is 32.6 Å². The number of hydrogen-bond acceptors (Lipinski definition) is 3. The minimum absolute atomic E-state index is 0.305. The lowest BCUT2D eigenvalue weighted by Crippen LogP contribution is -2.25. The minimum Gasteiger partial charge on any atom is -0.316 e. The van der Waals surface area contributed by atoms with Crippen molar-refractivity contribution < 1.29 is 8.42 Å². The number of rotatable bonds is 7. The summed E-state index contributed by atoms with van der Waals surface area (Å²) in [6.45, 7) is 4.12. The van der Waals surface area contributed by atoms with Gasteiger partial charge in [0.2, 0.25) is 0 Å². The van der Waals surface area contributed by atoms with Gasteiger partial charge in [-0.3, -0.25) is 0 Å².